The minimum atomic E-state index is 0.623. The average Bonchev–Trinajstić information content (AvgIpc) is 3.74. The summed E-state index contributed by atoms with van der Waals surface area (Å²) in [7, 11) is 0. The van der Waals surface area contributed by atoms with Crippen molar-refractivity contribution in [3.05, 3.63) is 164 Å². The molecule has 0 aliphatic heterocycles. The number of hydrogen-bond donors (Lipinski definition) is 0. The van der Waals surface area contributed by atoms with Gasteiger partial charge in [0.2, 0.25) is 0 Å². The van der Waals surface area contributed by atoms with E-state index in [4.69, 9.17) is 19.4 Å². The van der Waals surface area contributed by atoms with Crippen molar-refractivity contribution in [2.45, 2.75) is 12.8 Å². The lowest BCUT2D eigenvalue weighted by Gasteiger charge is -2.17. The largest absolute Gasteiger partial charge is 0.456 e. The summed E-state index contributed by atoms with van der Waals surface area (Å²) in [5, 5.41) is 9.08. The van der Waals surface area contributed by atoms with Gasteiger partial charge in [-0.2, -0.15) is 0 Å². The van der Waals surface area contributed by atoms with E-state index in [1.54, 1.807) is 0 Å². The first-order chi connectivity index (χ1) is 25.8. The first-order valence-electron chi connectivity index (χ1n) is 17.8. The monoisotopic (exact) mass is 666 g/mol. The smallest absolute Gasteiger partial charge is 0.166 e. The quantitative estimate of drug-likeness (QED) is 0.188. The van der Waals surface area contributed by atoms with Crippen LogP contribution >= 0.6 is 0 Å². The summed E-state index contributed by atoms with van der Waals surface area (Å²) in [6.07, 6.45) is 8.26. The second kappa shape index (κ2) is 11.3. The van der Waals surface area contributed by atoms with Crippen molar-refractivity contribution in [2.24, 2.45) is 0 Å². The van der Waals surface area contributed by atoms with Crippen LogP contribution in [0.25, 0.3) is 99.3 Å². The first kappa shape index (κ1) is 28.9. The number of hydrogen-bond acceptors (Lipinski definition) is 4. The molecule has 1 aliphatic rings. The molecule has 5 nitrogen and oxygen atoms in total. The maximum atomic E-state index is 6.68. The average molecular weight is 667 g/mol. The van der Waals surface area contributed by atoms with Crippen LogP contribution in [0.3, 0.4) is 0 Å². The zero-order valence-electron chi connectivity index (χ0n) is 28.1. The van der Waals surface area contributed by atoms with Crippen molar-refractivity contribution in [1.82, 2.24) is 19.5 Å². The molecule has 0 amide bonds. The van der Waals surface area contributed by atoms with Crippen LogP contribution in [-0.4, -0.2) is 19.5 Å². The Labute approximate surface area is 298 Å². The molecule has 5 heteroatoms. The van der Waals surface area contributed by atoms with Gasteiger partial charge >= 0.3 is 0 Å². The van der Waals surface area contributed by atoms with E-state index >= 15 is 0 Å². The topological polar surface area (TPSA) is 56.7 Å². The van der Waals surface area contributed by atoms with Crippen LogP contribution in [-0.2, 0) is 0 Å². The van der Waals surface area contributed by atoms with Crippen molar-refractivity contribution >= 4 is 70.9 Å². The van der Waals surface area contributed by atoms with Gasteiger partial charge in [-0.15, -0.1) is 0 Å². The second-order valence-electron chi connectivity index (χ2n) is 13.5. The maximum Gasteiger partial charge on any atom is 0.166 e. The van der Waals surface area contributed by atoms with Gasteiger partial charge in [0.1, 0.15) is 11.2 Å². The predicted octanol–water partition coefficient (Wildman–Crippen LogP) is 12.2. The number of furan rings is 1. The Balaban J connectivity index is 1.28. The van der Waals surface area contributed by atoms with E-state index in [0.29, 0.717) is 17.5 Å². The van der Waals surface area contributed by atoms with E-state index in [1.807, 2.05) is 0 Å². The third kappa shape index (κ3) is 4.46. The fraction of sp³-hybridized carbons (Fsp3) is 0.0426. The van der Waals surface area contributed by atoms with Gasteiger partial charge < -0.3 is 8.98 Å². The molecule has 10 aromatic rings. The SMILES string of the molecule is C1=CCCC(c2nc(-c3ccc4ccccc4c3)nc(-c3ccc4oc5cc6ccccc6cc5c4c3-n3c4ccccc4c4ccccc43)n2)=C1. The molecule has 3 aromatic heterocycles. The molecule has 0 atom stereocenters. The molecular formula is C47H30N4O. The molecule has 0 saturated carbocycles. The number of benzene rings is 7. The van der Waals surface area contributed by atoms with Gasteiger partial charge in [-0.05, 0) is 82.4 Å². The fourth-order valence-corrected chi connectivity index (χ4v) is 8.00. The summed E-state index contributed by atoms with van der Waals surface area (Å²) in [6, 6.07) is 49.2. The predicted molar refractivity (Wildman–Crippen MR) is 214 cm³/mol. The summed E-state index contributed by atoms with van der Waals surface area (Å²) in [5.41, 5.74) is 7.84. The third-order valence-corrected chi connectivity index (χ3v) is 10.5. The summed E-state index contributed by atoms with van der Waals surface area (Å²) < 4.78 is 9.07. The molecule has 3 heterocycles. The highest BCUT2D eigenvalue weighted by Gasteiger charge is 2.24. The Morgan fingerprint density at radius 3 is 1.92 bits per heavy atom. The molecule has 244 valence electrons. The molecule has 0 N–H and O–H groups in total. The van der Waals surface area contributed by atoms with Crippen LogP contribution < -0.4 is 0 Å². The van der Waals surface area contributed by atoms with Crippen LogP contribution in [0.5, 0.6) is 0 Å². The van der Waals surface area contributed by atoms with Crippen molar-refractivity contribution < 1.29 is 4.42 Å². The van der Waals surface area contributed by atoms with Crippen LogP contribution in [0, 0.1) is 0 Å². The number of fused-ring (bicyclic) bond motifs is 8. The molecule has 52 heavy (non-hydrogen) atoms. The standard InChI is InChI=1S/C47H30N4O/c1-2-13-30(14-3-1)45-48-46(34-23-22-29-12-4-5-15-31(29)26-34)50-47(49-45)37-24-25-41-43(38-27-32-16-6-7-17-33(32)28-42(38)52-41)44(37)51-39-20-10-8-18-35(39)36-19-9-11-21-40(36)51/h1-2,4-13,15-28H,3,14H2. The fourth-order valence-electron chi connectivity index (χ4n) is 8.00. The van der Waals surface area contributed by atoms with Crippen LogP contribution in [0.15, 0.2) is 162 Å². The number of allylic oxidation sites excluding steroid dienone is 4. The van der Waals surface area contributed by atoms with E-state index < -0.39 is 0 Å². The summed E-state index contributed by atoms with van der Waals surface area (Å²) in [6.45, 7) is 0. The Bertz CT molecular complexity index is 3090. The van der Waals surface area contributed by atoms with Gasteiger partial charge in [0, 0.05) is 27.3 Å². The number of aromatic nitrogens is 4. The van der Waals surface area contributed by atoms with E-state index in [2.05, 4.69) is 162 Å². The zero-order chi connectivity index (χ0) is 34.2. The third-order valence-electron chi connectivity index (χ3n) is 10.5. The normalized spacial score (nSPS) is 13.3. The molecule has 0 fully saturated rings. The van der Waals surface area contributed by atoms with Crippen LogP contribution in [0.2, 0.25) is 0 Å². The molecule has 1 aliphatic carbocycles. The first-order valence-corrected chi connectivity index (χ1v) is 17.8. The summed E-state index contributed by atoms with van der Waals surface area (Å²) in [5.74, 6) is 1.98. The van der Waals surface area contributed by atoms with Gasteiger partial charge in [0.25, 0.3) is 0 Å². The summed E-state index contributed by atoms with van der Waals surface area (Å²) >= 11 is 0. The van der Waals surface area contributed by atoms with E-state index in [9.17, 15) is 0 Å². The Kier molecular flexibility index (Phi) is 6.31. The van der Waals surface area contributed by atoms with E-state index in [0.717, 1.165) is 84.4 Å². The minimum absolute atomic E-state index is 0.623. The van der Waals surface area contributed by atoms with Crippen molar-refractivity contribution in [1.29, 1.82) is 0 Å². The highest BCUT2D eigenvalue weighted by atomic mass is 16.3. The van der Waals surface area contributed by atoms with Crippen molar-refractivity contribution in [2.75, 3.05) is 0 Å². The van der Waals surface area contributed by atoms with Gasteiger partial charge in [-0.25, -0.2) is 15.0 Å². The molecule has 7 aromatic carbocycles. The Morgan fingerprint density at radius 1 is 0.519 bits per heavy atom. The van der Waals surface area contributed by atoms with E-state index in [1.165, 1.54) is 16.2 Å². The molecule has 0 spiro atoms. The van der Waals surface area contributed by atoms with Gasteiger partial charge in [-0.1, -0.05) is 115 Å². The minimum Gasteiger partial charge on any atom is -0.456 e. The van der Waals surface area contributed by atoms with Gasteiger partial charge in [0.15, 0.2) is 17.5 Å². The lowest BCUT2D eigenvalue weighted by atomic mass is 10.0. The van der Waals surface area contributed by atoms with Crippen molar-refractivity contribution in [3.8, 4) is 28.5 Å². The Morgan fingerprint density at radius 2 is 1.17 bits per heavy atom. The highest BCUT2D eigenvalue weighted by molar-refractivity contribution is 6.18. The lowest BCUT2D eigenvalue weighted by Crippen LogP contribution is -2.06. The summed E-state index contributed by atoms with van der Waals surface area (Å²) in [4.78, 5) is 15.8. The van der Waals surface area contributed by atoms with Crippen molar-refractivity contribution in [3.63, 3.8) is 0 Å². The second-order valence-corrected chi connectivity index (χ2v) is 13.5. The van der Waals surface area contributed by atoms with Crippen LogP contribution in [0.1, 0.15) is 18.7 Å². The molecular weight excluding hydrogens is 637 g/mol. The van der Waals surface area contributed by atoms with Gasteiger partial charge in [-0.3, -0.25) is 0 Å². The molecule has 11 rings (SSSR count). The van der Waals surface area contributed by atoms with Gasteiger partial charge in [0.05, 0.1) is 22.1 Å². The Hall–Kier alpha value is -6.85. The number of para-hydroxylation sites is 2. The zero-order valence-corrected chi connectivity index (χ0v) is 28.1. The number of nitrogens with zero attached hydrogens (tertiary/aromatic N) is 4. The maximum absolute atomic E-state index is 6.68. The molecule has 0 radical (unpaired) electrons. The lowest BCUT2D eigenvalue weighted by molar-refractivity contribution is 0.669. The highest BCUT2D eigenvalue weighted by Crippen LogP contribution is 2.44. The van der Waals surface area contributed by atoms with Crippen LogP contribution in [0.4, 0.5) is 0 Å². The molecule has 0 bridgehead atoms. The molecule has 0 unspecified atom stereocenters. The molecule has 0 saturated heterocycles. The number of rotatable bonds is 4. The van der Waals surface area contributed by atoms with E-state index in [-0.39, 0.29) is 0 Å².